The lowest BCUT2D eigenvalue weighted by molar-refractivity contribution is 0.661. The van der Waals surface area contributed by atoms with Gasteiger partial charge in [-0.15, -0.1) is 0 Å². The summed E-state index contributed by atoms with van der Waals surface area (Å²) in [6.07, 6.45) is 0. The molecule has 0 aromatic heterocycles. The van der Waals surface area contributed by atoms with E-state index in [0.29, 0.717) is 0 Å². The molecule has 0 spiro atoms. The third kappa shape index (κ3) is 4.14. The normalized spacial score (nSPS) is 13.5. The summed E-state index contributed by atoms with van der Waals surface area (Å²) in [5.41, 5.74) is 10.5. The summed E-state index contributed by atoms with van der Waals surface area (Å²) in [6.45, 7) is 4.74. The molecule has 10 aromatic rings. The van der Waals surface area contributed by atoms with E-state index in [1.54, 1.807) is 0 Å². The van der Waals surface area contributed by atoms with Crippen LogP contribution in [0.3, 0.4) is 0 Å². The first-order valence-electron chi connectivity index (χ1n) is 18.0. The molecule has 0 nitrogen and oxygen atoms in total. The third-order valence-electron chi connectivity index (χ3n) is 11.8. The fourth-order valence-electron chi connectivity index (χ4n) is 9.11. The maximum absolute atomic E-state index is 2.48. The smallest absolute Gasteiger partial charge is 0.0159 e. The Labute approximate surface area is 297 Å². The van der Waals surface area contributed by atoms with Crippen LogP contribution in [-0.2, 0) is 5.41 Å². The Morgan fingerprint density at radius 1 is 0.275 bits per heavy atom. The average Bonchev–Trinajstić information content (AvgIpc) is 3.41. The average molecular weight is 647 g/mol. The highest BCUT2D eigenvalue weighted by Gasteiger charge is 2.35. The molecule has 0 atom stereocenters. The van der Waals surface area contributed by atoms with Gasteiger partial charge in [0.1, 0.15) is 0 Å². The second-order valence-electron chi connectivity index (χ2n) is 14.9. The van der Waals surface area contributed by atoms with Gasteiger partial charge in [0.15, 0.2) is 0 Å². The van der Waals surface area contributed by atoms with Crippen LogP contribution in [0.4, 0.5) is 0 Å². The van der Waals surface area contributed by atoms with Crippen LogP contribution in [0, 0.1) is 0 Å². The van der Waals surface area contributed by atoms with Crippen LogP contribution in [-0.4, -0.2) is 0 Å². The predicted molar refractivity (Wildman–Crippen MR) is 220 cm³/mol. The highest BCUT2D eigenvalue weighted by atomic mass is 14.4. The van der Waals surface area contributed by atoms with Crippen molar-refractivity contribution in [1.82, 2.24) is 0 Å². The first-order valence-corrected chi connectivity index (χ1v) is 18.0. The molecular formula is C51H34. The van der Waals surface area contributed by atoms with Crippen molar-refractivity contribution >= 4 is 64.6 Å². The van der Waals surface area contributed by atoms with E-state index in [9.17, 15) is 0 Å². The molecular weight excluding hydrogens is 613 g/mol. The van der Waals surface area contributed by atoms with E-state index >= 15 is 0 Å². The van der Waals surface area contributed by atoms with Crippen LogP contribution in [0.1, 0.15) is 25.0 Å². The van der Waals surface area contributed by atoms with Gasteiger partial charge in [-0.05, 0) is 146 Å². The molecule has 0 amide bonds. The van der Waals surface area contributed by atoms with Crippen LogP contribution < -0.4 is 0 Å². The molecule has 0 bridgehead atoms. The molecule has 0 saturated heterocycles. The van der Waals surface area contributed by atoms with E-state index < -0.39 is 0 Å². The largest absolute Gasteiger partial charge is 0.0619 e. The van der Waals surface area contributed by atoms with E-state index in [4.69, 9.17) is 0 Å². The van der Waals surface area contributed by atoms with Crippen LogP contribution in [0.25, 0.3) is 98.0 Å². The van der Waals surface area contributed by atoms with E-state index in [1.807, 2.05) is 0 Å². The second-order valence-corrected chi connectivity index (χ2v) is 14.9. The molecule has 11 rings (SSSR count). The minimum absolute atomic E-state index is 0.0295. The minimum atomic E-state index is -0.0295. The molecule has 0 N–H and O–H groups in total. The summed E-state index contributed by atoms with van der Waals surface area (Å²) < 4.78 is 0. The Morgan fingerprint density at radius 2 is 0.765 bits per heavy atom. The molecule has 0 heteroatoms. The van der Waals surface area contributed by atoms with Gasteiger partial charge < -0.3 is 0 Å². The fraction of sp³-hybridized carbons (Fsp3) is 0.0588. The monoisotopic (exact) mass is 646 g/mol. The predicted octanol–water partition coefficient (Wildman–Crippen LogP) is 14.2. The van der Waals surface area contributed by atoms with E-state index in [-0.39, 0.29) is 5.41 Å². The number of hydrogen-bond donors (Lipinski definition) is 0. The summed E-state index contributed by atoms with van der Waals surface area (Å²) in [5.74, 6) is 0. The van der Waals surface area contributed by atoms with Crippen LogP contribution in [0.5, 0.6) is 0 Å². The quantitative estimate of drug-likeness (QED) is 0.164. The van der Waals surface area contributed by atoms with Crippen molar-refractivity contribution in [3.63, 3.8) is 0 Å². The van der Waals surface area contributed by atoms with Gasteiger partial charge in [-0.3, -0.25) is 0 Å². The summed E-state index contributed by atoms with van der Waals surface area (Å²) in [6, 6.07) is 63.8. The van der Waals surface area contributed by atoms with Gasteiger partial charge in [-0.25, -0.2) is 0 Å². The van der Waals surface area contributed by atoms with Crippen molar-refractivity contribution < 1.29 is 0 Å². The number of fused-ring (bicyclic) bond motifs is 13. The Hall–Kier alpha value is -6.24. The molecule has 238 valence electrons. The number of benzene rings is 10. The standard InChI is InChI=1S/C51H34/c1-51(2)49-14-8-7-13-43(49)48-29-38-20-17-32-16-19-35(26-44(32)45(38)30-50(48)51)37-22-24-42-41-23-21-36(34-18-15-31-9-3-4-10-33(31)25-34)27-46(41)39-11-5-6-12-40(39)47(42)28-37/h3-30H,1-2H3. The first kappa shape index (κ1) is 28.6. The van der Waals surface area contributed by atoms with Gasteiger partial charge in [-0.2, -0.15) is 0 Å². The Bertz CT molecular complexity index is 3080. The Balaban J connectivity index is 1.08. The lowest BCUT2D eigenvalue weighted by atomic mass is 9.81. The summed E-state index contributed by atoms with van der Waals surface area (Å²) >= 11 is 0. The molecule has 51 heavy (non-hydrogen) atoms. The maximum Gasteiger partial charge on any atom is 0.0159 e. The highest BCUT2D eigenvalue weighted by Crippen LogP contribution is 2.50. The molecule has 0 unspecified atom stereocenters. The van der Waals surface area contributed by atoms with Gasteiger partial charge in [0.25, 0.3) is 0 Å². The van der Waals surface area contributed by atoms with E-state index in [1.165, 1.54) is 109 Å². The summed E-state index contributed by atoms with van der Waals surface area (Å²) in [5, 5.41) is 15.5. The molecule has 1 aliphatic carbocycles. The fourth-order valence-corrected chi connectivity index (χ4v) is 9.11. The summed E-state index contributed by atoms with van der Waals surface area (Å²) in [4.78, 5) is 0. The number of rotatable bonds is 2. The minimum Gasteiger partial charge on any atom is -0.0619 e. The Kier molecular flexibility index (Phi) is 5.82. The van der Waals surface area contributed by atoms with Crippen molar-refractivity contribution in [2.45, 2.75) is 19.3 Å². The third-order valence-corrected chi connectivity index (χ3v) is 11.8. The lowest BCUT2D eigenvalue weighted by Gasteiger charge is -2.22. The molecule has 0 heterocycles. The van der Waals surface area contributed by atoms with Crippen molar-refractivity contribution in [3.05, 3.63) is 181 Å². The summed E-state index contributed by atoms with van der Waals surface area (Å²) in [7, 11) is 0. The molecule has 1 aliphatic rings. The molecule has 0 aliphatic heterocycles. The molecule has 10 aromatic carbocycles. The zero-order valence-corrected chi connectivity index (χ0v) is 28.7. The van der Waals surface area contributed by atoms with Crippen molar-refractivity contribution in [3.8, 4) is 33.4 Å². The van der Waals surface area contributed by atoms with Gasteiger partial charge in [0.2, 0.25) is 0 Å². The topological polar surface area (TPSA) is 0 Å². The maximum atomic E-state index is 2.48. The van der Waals surface area contributed by atoms with Crippen molar-refractivity contribution in [1.29, 1.82) is 0 Å². The highest BCUT2D eigenvalue weighted by molar-refractivity contribution is 6.26. The molecule has 0 saturated carbocycles. The number of hydrogen-bond acceptors (Lipinski definition) is 0. The molecule has 0 radical (unpaired) electrons. The zero-order valence-electron chi connectivity index (χ0n) is 28.7. The van der Waals surface area contributed by atoms with Gasteiger partial charge in [0, 0.05) is 5.41 Å². The zero-order chi connectivity index (χ0) is 33.8. The van der Waals surface area contributed by atoms with Gasteiger partial charge >= 0.3 is 0 Å². The van der Waals surface area contributed by atoms with Gasteiger partial charge in [-0.1, -0.05) is 147 Å². The molecule has 0 fully saturated rings. The van der Waals surface area contributed by atoms with Crippen LogP contribution in [0.15, 0.2) is 170 Å². The van der Waals surface area contributed by atoms with E-state index in [2.05, 4.69) is 184 Å². The lowest BCUT2D eigenvalue weighted by Crippen LogP contribution is -2.14. The van der Waals surface area contributed by atoms with Gasteiger partial charge in [0.05, 0.1) is 0 Å². The second kappa shape index (κ2) is 10.4. The van der Waals surface area contributed by atoms with Crippen molar-refractivity contribution in [2.75, 3.05) is 0 Å². The van der Waals surface area contributed by atoms with Crippen molar-refractivity contribution in [2.24, 2.45) is 0 Å². The van der Waals surface area contributed by atoms with Crippen LogP contribution in [0.2, 0.25) is 0 Å². The SMILES string of the molecule is CC1(C)c2ccccc2-c2cc3ccc4ccc(-c5ccc6c7ccc(-c8ccc9ccccc9c8)cc7c7ccccc7c6c5)cc4c3cc21. The van der Waals surface area contributed by atoms with E-state index in [0.717, 1.165) is 0 Å². The Morgan fingerprint density at radius 3 is 1.49 bits per heavy atom. The van der Waals surface area contributed by atoms with Crippen LogP contribution >= 0.6 is 0 Å². The first-order chi connectivity index (χ1) is 25.0.